The largest absolute Gasteiger partial charge is 0.398 e. The molecular weight excluding hydrogens is 209 g/mol. The molecule has 0 aromatic heterocycles. The van der Waals surface area contributed by atoms with Crippen molar-refractivity contribution in [3.05, 3.63) is 27.5 Å². The van der Waals surface area contributed by atoms with Gasteiger partial charge in [0.25, 0.3) is 0 Å². The molecule has 0 saturated heterocycles. The van der Waals surface area contributed by atoms with Gasteiger partial charge in [-0.3, -0.25) is 0 Å². The average Bonchev–Trinajstić information content (AvgIpc) is 1.97. The van der Waals surface area contributed by atoms with Crippen molar-refractivity contribution in [1.82, 2.24) is 0 Å². The van der Waals surface area contributed by atoms with Crippen molar-refractivity contribution in [1.29, 1.82) is 0 Å². The molecule has 0 radical (unpaired) electrons. The Bertz CT molecular complexity index is 270. The molecule has 0 heterocycles. The fraction of sp³-hybridized carbons (Fsp3) is 0.250. The Morgan fingerprint density at radius 2 is 1.91 bits per heavy atom. The average molecular weight is 218 g/mol. The molecule has 3 heteroatoms. The summed E-state index contributed by atoms with van der Waals surface area (Å²) in [5.74, 6) is -0.264. The molecule has 0 bridgehead atoms. The van der Waals surface area contributed by atoms with Crippen molar-refractivity contribution < 1.29 is 4.39 Å². The Morgan fingerprint density at radius 3 is 2.45 bits per heavy atom. The zero-order chi connectivity index (χ0) is 8.59. The van der Waals surface area contributed by atoms with Gasteiger partial charge in [0.2, 0.25) is 0 Å². The van der Waals surface area contributed by atoms with E-state index in [0.29, 0.717) is 11.3 Å². The van der Waals surface area contributed by atoms with Crippen molar-refractivity contribution in [3.8, 4) is 0 Å². The lowest BCUT2D eigenvalue weighted by Crippen LogP contribution is -1.95. The third kappa shape index (κ3) is 1.38. The summed E-state index contributed by atoms with van der Waals surface area (Å²) < 4.78 is 13.7. The Morgan fingerprint density at radius 1 is 1.36 bits per heavy atom. The lowest BCUT2D eigenvalue weighted by atomic mass is 10.1. The van der Waals surface area contributed by atoms with Crippen molar-refractivity contribution in [2.24, 2.45) is 0 Å². The quantitative estimate of drug-likeness (QED) is 0.665. The highest BCUT2D eigenvalue weighted by Crippen LogP contribution is 2.27. The SMILES string of the molecule is Cc1c(N)cc(F)c(C)c1Br. The van der Waals surface area contributed by atoms with Gasteiger partial charge >= 0.3 is 0 Å². The summed E-state index contributed by atoms with van der Waals surface area (Å²) in [7, 11) is 0. The Labute approximate surface area is 73.5 Å². The first kappa shape index (κ1) is 8.53. The minimum Gasteiger partial charge on any atom is -0.398 e. The van der Waals surface area contributed by atoms with Gasteiger partial charge in [-0.05, 0) is 31.0 Å². The standard InChI is InChI=1S/C8H9BrFN/c1-4-6(10)3-7(11)5(2)8(4)9/h3H,11H2,1-2H3. The molecule has 1 aromatic rings. The second kappa shape index (κ2) is 2.81. The van der Waals surface area contributed by atoms with Gasteiger partial charge in [-0.1, -0.05) is 15.9 Å². The molecule has 0 aliphatic rings. The zero-order valence-corrected chi connectivity index (χ0v) is 8.00. The molecule has 2 N–H and O–H groups in total. The summed E-state index contributed by atoms with van der Waals surface area (Å²) >= 11 is 3.26. The fourth-order valence-corrected chi connectivity index (χ4v) is 1.28. The van der Waals surface area contributed by atoms with E-state index in [9.17, 15) is 4.39 Å². The van der Waals surface area contributed by atoms with Crippen molar-refractivity contribution in [3.63, 3.8) is 0 Å². The number of hydrogen-bond acceptors (Lipinski definition) is 1. The Hall–Kier alpha value is -0.570. The maximum absolute atomic E-state index is 12.9. The molecule has 1 rings (SSSR count). The lowest BCUT2D eigenvalue weighted by molar-refractivity contribution is 0.617. The summed E-state index contributed by atoms with van der Waals surface area (Å²) in [6.45, 7) is 3.57. The Kier molecular flexibility index (Phi) is 2.18. The molecular formula is C8H9BrFN. The second-order valence-electron chi connectivity index (χ2n) is 2.51. The number of nitrogen functional groups attached to an aromatic ring is 1. The van der Waals surface area contributed by atoms with Gasteiger partial charge in [-0.2, -0.15) is 0 Å². The molecule has 0 unspecified atom stereocenters. The number of halogens is 2. The first-order valence-corrected chi connectivity index (χ1v) is 4.04. The first-order valence-electron chi connectivity index (χ1n) is 3.24. The summed E-state index contributed by atoms with van der Waals surface area (Å²) in [6.07, 6.45) is 0. The monoisotopic (exact) mass is 217 g/mol. The zero-order valence-electron chi connectivity index (χ0n) is 6.41. The molecule has 60 valence electrons. The molecule has 0 amide bonds. The number of hydrogen-bond donors (Lipinski definition) is 1. The van der Waals surface area contributed by atoms with Crippen LogP contribution >= 0.6 is 15.9 Å². The van der Waals surface area contributed by atoms with Crippen molar-refractivity contribution in [2.45, 2.75) is 13.8 Å². The van der Waals surface area contributed by atoms with Gasteiger partial charge in [0.15, 0.2) is 0 Å². The third-order valence-corrected chi connectivity index (χ3v) is 2.92. The van der Waals surface area contributed by atoms with E-state index in [1.165, 1.54) is 6.07 Å². The predicted octanol–water partition coefficient (Wildman–Crippen LogP) is 2.79. The topological polar surface area (TPSA) is 26.0 Å². The molecule has 1 nitrogen and oxygen atoms in total. The highest BCUT2D eigenvalue weighted by molar-refractivity contribution is 9.10. The molecule has 0 fully saturated rings. The highest BCUT2D eigenvalue weighted by atomic mass is 79.9. The number of anilines is 1. The third-order valence-electron chi connectivity index (χ3n) is 1.73. The van der Waals surface area contributed by atoms with Gasteiger partial charge in [-0.15, -0.1) is 0 Å². The van der Waals surface area contributed by atoms with Gasteiger partial charge < -0.3 is 5.73 Å². The van der Waals surface area contributed by atoms with Crippen molar-refractivity contribution in [2.75, 3.05) is 5.73 Å². The molecule has 0 saturated carbocycles. The van der Waals surface area contributed by atoms with E-state index in [1.807, 2.05) is 6.92 Å². The van der Waals surface area contributed by atoms with Crippen LogP contribution < -0.4 is 5.73 Å². The molecule has 0 aliphatic heterocycles. The summed E-state index contributed by atoms with van der Waals surface area (Å²) in [4.78, 5) is 0. The molecule has 0 atom stereocenters. The van der Waals surface area contributed by atoms with Gasteiger partial charge in [-0.25, -0.2) is 4.39 Å². The molecule has 0 spiro atoms. The minimum absolute atomic E-state index is 0.264. The molecule has 1 aromatic carbocycles. The van der Waals surface area contributed by atoms with E-state index in [2.05, 4.69) is 15.9 Å². The van der Waals surface area contributed by atoms with Crippen LogP contribution in [0.1, 0.15) is 11.1 Å². The van der Waals surface area contributed by atoms with E-state index in [4.69, 9.17) is 5.73 Å². The van der Waals surface area contributed by atoms with E-state index in [1.54, 1.807) is 6.92 Å². The van der Waals surface area contributed by atoms with Crippen molar-refractivity contribution >= 4 is 21.6 Å². The highest BCUT2D eigenvalue weighted by Gasteiger charge is 2.07. The van der Waals surface area contributed by atoms with Crippen LogP contribution in [0.3, 0.4) is 0 Å². The van der Waals surface area contributed by atoms with E-state index in [0.717, 1.165) is 10.0 Å². The Balaban J connectivity index is 3.46. The van der Waals surface area contributed by atoms with Crippen LogP contribution in [0.2, 0.25) is 0 Å². The number of benzene rings is 1. The normalized spacial score (nSPS) is 10.2. The van der Waals surface area contributed by atoms with Crippen LogP contribution in [-0.2, 0) is 0 Å². The van der Waals surface area contributed by atoms with Crippen LogP contribution in [-0.4, -0.2) is 0 Å². The van der Waals surface area contributed by atoms with Crippen LogP contribution in [0, 0.1) is 19.7 Å². The summed E-state index contributed by atoms with van der Waals surface area (Å²) in [5.41, 5.74) is 7.51. The lowest BCUT2D eigenvalue weighted by Gasteiger charge is -2.06. The maximum atomic E-state index is 12.9. The van der Waals surface area contributed by atoms with E-state index < -0.39 is 0 Å². The molecule has 0 aliphatic carbocycles. The van der Waals surface area contributed by atoms with E-state index in [-0.39, 0.29) is 5.82 Å². The number of rotatable bonds is 0. The van der Waals surface area contributed by atoms with Crippen LogP contribution in [0.5, 0.6) is 0 Å². The van der Waals surface area contributed by atoms with Crippen LogP contribution in [0.15, 0.2) is 10.5 Å². The summed E-state index contributed by atoms with van der Waals surface area (Å²) in [5, 5.41) is 0. The first-order chi connectivity index (χ1) is 5.04. The van der Waals surface area contributed by atoms with Crippen LogP contribution in [0.4, 0.5) is 10.1 Å². The predicted molar refractivity (Wildman–Crippen MR) is 48.0 cm³/mol. The maximum Gasteiger partial charge on any atom is 0.129 e. The fourth-order valence-electron chi connectivity index (χ4n) is 0.866. The van der Waals surface area contributed by atoms with Gasteiger partial charge in [0.05, 0.1) is 0 Å². The van der Waals surface area contributed by atoms with Crippen LogP contribution in [0.25, 0.3) is 0 Å². The minimum atomic E-state index is -0.264. The van der Waals surface area contributed by atoms with E-state index >= 15 is 0 Å². The second-order valence-corrected chi connectivity index (χ2v) is 3.30. The molecule has 11 heavy (non-hydrogen) atoms. The summed E-state index contributed by atoms with van der Waals surface area (Å²) in [6, 6.07) is 1.34. The number of nitrogens with two attached hydrogens (primary N) is 1. The smallest absolute Gasteiger partial charge is 0.129 e. The van der Waals surface area contributed by atoms with Gasteiger partial charge in [0.1, 0.15) is 5.82 Å². The van der Waals surface area contributed by atoms with Gasteiger partial charge in [0, 0.05) is 10.2 Å².